The molecule has 0 radical (unpaired) electrons. The highest BCUT2D eigenvalue weighted by atomic mass is 35.5. The second-order valence-electron chi connectivity index (χ2n) is 2.56. The van der Waals surface area contributed by atoms with E-state index in [1.165, 1.54) is 7.05 Å². The molecule has 0 aliphatic heterocycles. The lowest BCUT2D eigenvalue weighted by Crippen LogP contribution is -2.18. The van der Waals surface area contributed by atoms with Crippen molar-refractivity contribution in [2.45, 2.75) is 0 Å². The number of carbonyl (C=O) groups is 1. The highest BCUT2D eigenvalue weighted by Crippen LogP contribution is 2.44. The molecule has 7 heteroatoms. The Morgan fingerprint density at radius 2 is 1.53 bits per heavy atom. The molecule has 0 aromatic heterocycles. The van der Waals surface area contributed by atoms with Gasteiger partial charge in [-0.3, -0.25) is 4.79 Å². The Hall–Kier alpha value is -0.350. The third kappa shape index (κ3) is 2.11. The Kier molecular flexibility index (Phi) is 3.95. The van der Waals surface area contributed by atoms with Crippen molar-refractivity contribution in [3.63, 3.8) is 0 Å². The topological polar surface area (TPSA) is 49.3 Å². The van der Waals surface area contributed by atoms with Gasteiger partial charge in [0, 0.05) is 7.05 Å². The number of benzene rings is 1. The summed E-state index contributed by atoms with van der Waals surface area (Å²) in [6.45, 7) is 0. The SMILES string of the molecule is CNC(=O)c1c(O)c(Cl)c(Cl)c(Cl)c1Cl. The van der Waals surface area contributed by atoms with Gasteiger partial charge in [-0.1, -0.05) is 46.4 Å². The molecule has 0 unspecified atom stereocenters. The van der Waals surface area contributed by atoms with E-state index in [0.717, 1.165) is 0 Å². The van der Waals surface area contributed by atoms with E-state index in [9.17, 15) is 9.90 Å². The number of hydrogen-bond acceptors (Lipinski definition) is 2. The summed E-state index contributed by atoms with van der Waals surface area (Å²) in [5, 5.41) is 11.4. The molecule has 82 valence electrons. The van der Waals surface area contributed by atoms with Crippen LogP contribution in [0.3, 0.4) is 0 Å². The van der Waals surface area contributed by atoms with Gasteiger partial charge in [-0.15, -0.1) is 0 Å². The van der Waals surface area contributed by atoms with Crippen LogP contribution in [0.5, 0.6) is 5.75 Å². The Morgan fingerprint density at radius 1 is 1.07 bits per heavy atom. The minimum Gasteiger partial charge on any atom is -0.505 e. The van der Waals surface area contributed by atoms with E-state index in [4.69, 9.17) is 46.4 Å². The zero-order chi connectivity index (χ0) is 11.7. The van der Waals surface area contributed by atoms with Crippen molar-refractivity contribution < 1.29 is 9.90 Å². The number of phenols is 1. The third-order valence-electron chi connectivity index (χ3n) is 1.70. The van der Waals surface area contributed by atoms with Gasteiger partial charge in [-0.2, -0.15) is 0 Å². The van der Waals surface area contributed by atoms with E-state index in [1.54, 1.807) is 0 Å². The number of hydrogen-bond donors (Lipinski definition) is 2. The molecule has 1 rings (SSSR count). The Bertz CT molecular complexity index is 404. The van der Waals surface area contributed by atoms with Crippen LogP contribution in [0, 0.1) is 0 Å². The number of nitrogens with one attached hydrogen (secondary N) is 1. The first kappa shape index (κ1) is 12.7. The standard InChI is InChI=1S/C8H5Cl4NO2/c1-13-8(15)2-3(9)4(10)5(11)6(12)7(2)14/h14H,1H3,(H,13,15). The lowest BCUT2D eigenvalue weighted by atomic mass is 10.2. The monoisotopic (exact) mass is 287 g/mol. The van der Waals surface area contributed by atoms with Gasteiger partial charge in [0.15, 0.2) is 0 Å². The molecule has 0 atom stereocenters. The molecule has 0 bridgehead atoms. The van der Waals surface area contributed by atoms with Crippen LogP contribution in [0.2, 0.25) is 20.1 Å². The molecule has 15 heavy (non-hydrogen) atoms. The molecule has 1 aromatic carbocycles. The first-order chi connectivity index (χ1) is 6.91. The molecule has 0 saturated heterocycles. The molecule has 0 spiro atoms. The van der Waals surface area contributed by atoms with Gasteiger partial charge < -0.3 is 10.4 Å². The van der Waals surface area contributed by atoms with Gasteiger partial charge in [0.1, 0.15) is 16.3 Å². The van der Waals surface area contributed by atoms with Crippen molar-refractivity contribution in [2.75, 3.05) is 7.05 Å². The van der Waals surface area contributed by atoms with Crippen LogP contribution in [-0.4, -0.2) is 18.1 Å². The average Bonchev–Trinajstić information content (AvgIpc) is 2.23. The fraction of sp³-hybridized carbons (Fsp3) is 0.125. The average molecular weight is 289 g/mol. The number of aromatic hydroxyl groups is 1. The Morgan fingerprint density at radius 3 is 2.00 bits per heavy atom. The lowest BCUT2D eigenvalue weighted by Gasteiger charge is -2.10. The van der Waals surface area contributed by atoms with Gasteiger partial charge in [-0.05, 0) is 0 Å². The molecule has 0 aliphatic rings. The van der Waals surface area contributed by atoms with Gasteiger partial charge in [0.2, 0.25) is 0 Å². The van der Waals surface area contributed by atoms with Crippen molar-refractivity contribution in [1.82, 2.24) is 5.32 Å². The number of phenolic OH excluding ortho intramolecular Hbond substituents is 1. The maximum atomic E-state index is 11.4. The third-order valence-corrected chi connectivity index (χ3v) is 3.49. The van der Waals surface area contributed by atoms with Crippen LogP contribution in [0.25, 0.3) is 0 Å². The number of halogens is 4. The predicted octanol–water partition coefficient (Wildman–Crippen LogP) is 3.37. The van der Waals surface area contributed by atoms with Crippen LogP contribution in [0.15, 0.2) is 0 Å². The minimum absolute atomic E-state index is 0.0697. The summed E-state index contributed by atoms with van der Waals surface area (Å²) in [7, 11) is 1.38. The fourth-order valence-corrected chi connectivity index (χ4v) is 1.88. The van der Waals surface area contributed by atoms with Crippen LogP contribution in [-0.2, 0) is 0 Å². The summed E-state index contributed by atoms with van der Waals surface area (Å²) >= 11 is 22.8. The summed E-state index contributed by atoms with van der Waals surface area (Å²) in [4.78, 5) is 11.4. The first-order valence-electron chi connectivity index (χ1n) is 3.68. The second kappa shape index (κ2) is 4.66. The van der Waals surface area contributed by atoms with Gasteiger partial charge in [-0.25, -0.2) is 0 Å². The molecule has 0 saturated carbocycles. The lowest BCUT2D eigenvalue weighted by molar-refractivity contribution is 0.0960. The minimum atomic E-state index is -0.599. The number of amides is 1. The van der Waals surface area contributed by atoms with E-state index in [-0.39, 0.29) is 25.7 Å². The van der Waals surface area contributed by atoms with Crippen LogP contribution < -0.4 is 5.32 Å². The molecule has 1 aromatic rings. The van der Waals surface area contributed by atoms with Gasteiger partial charge in [0.25, 0.3) is 5.91 Å². The van der Waals surface area contributed by atoms with Crippen molar-refractivity contribution in [2.24, 2.45) is 0 Å². The van der Waals surface area contributed by atoms with E-state index < -0.39 is 11.7 Å². The summed E-state index contributed by atoms with van der Waals surface area (Å²) in [5.74, 6) is -1.09. The van der Waals surface area contributed by atoms with E-state index in [1.807, 2.05) is 0 Å². The zero-order valence-corrected chi connectivity index (χ0v) is 10.4. The van der Waals surface area contributed by atoms with Gasteiger partial charge >= 0.3 is 0 Å². The van der Waals surface area contributed by atoms with Crippen LogP contribution in [0.4, 0.5) is 0 Å². The Labute approximate surface area is 106 Å². The van der Waals surface area contributed by atoms with E-state index >= 15 is 0 Å². The highest BCUT2D eigenvalue weighted by molar-refractivity contribution is 6.53. The molecule has 0 fully saturated rings. The fourth-order valence-electron chi connectivity index (χ4n) is 0.952. The largest absolute Gasteiger partial charge is 0.505 e. The summed E-state index contributed by atoms with van der Waals surface area (Å²) in [6, 6.07) is 0. The molecule has 0 heterocycles. The Balaban J connectivity index is 3.60. The summed E-state index contributed by atoms with van der Waals surface area (Å²) in [6.07, 6.45) is 0. The smallest absolute Gasteiger partial charge is 0.256 e. The highest BCUT2D eigenvalue weighted by Gasteiger charge is 2.23. The molecular formula is C8H5Cl4NO2. The normalized spacial score (nSPS) is 10.2. The maximum Gasteiger partial charge on any atom is 0.256 e. The van der Waals surface area contributed by atoms with Crippen molar-refractivity contribution in [1.29, 1.82) is 0 Å². The van der Waals surface area contributed by atoms with Crippen molar-refractivity contribution >= 4 is 52.3 Å². The van der Waals surface area contributed by atoms with Crippen LogP contribution in [0.1, 0.15) is 10.4 Å². The second-order valence-corrected chi connectivity index (χ2v) is 4.07. The molecule has 1 amide bonds. The summed E-state index contributed by atoms with van der Waals surface area (Å²) < 4.78 is 0. The molecule has 0 aliphatic carbocycles. The van der Waals surface area contributed by atoms with Gasteiger partial charge in [0.05, 0.1) is 15.1 Å². The van der Waals surface area contributed by atoms with Crippen molar-refractivity contribution in [3.8, 4) is 5.75 Å². The molecular weight excluding hydrogens is 284 g/mol. The van der Waals surface area contributed by atoms with Crippen LogP contribution >= 0.6 is 46.4 Å². The molecule has 3 nitrogen and oxygen atoms in total. The maximum absolute atomic E-state index is 11.4. The first-order valence-corrected chi connectivity index (χ1v) is 5.20. The number of rotatable bonds is 1. The molecule has 2 N–H and O–H groups in total. The quantitative estimate of drug-likeness (QED) is 0.615. The van der Waals surface area contributed by atoms with E-state index in [2.05, 4.69) is 5.32 Å². The summed E-state index contributed by atoms with van der Waals surface area (Å²) in [5.41, 5.74) is -0.196. The zero-order valence-electron chi connectivity index (χ0n) is 7.37. The van der Waals surface area contributed by atoms with Crippen molar-refractivity contribution in [3.05, 3.63) is 25.7 Å². The predicted molar refractivity (Wildman–Crippen MR) is 61.5 cm³/mol. The van der Waals surface area contributed by atoms with E-state index in [0.29, 0.717) is 0 Å². The number of carbonyl (C=O) groups excluding carboxylic acids is 1.